The van der Waals surface area contributed by atoms with Gasteiger partial charge in [0.2, 0.25) is 5.91 Å². The number of carbonyl (C=O) groups excluding carboxylic acids is 1. The Labute approximate surface area is 168 Å². The molecule has 150 valence electrons. The number of para-hydroxylation sites is 1. The normalized spacial score (nSPS) is 14.9. The number of aromatic nitrogens is 3. The number of aryl methyl sites for hydroxylation is 1. The van der Waals surface area contributed by atoms with Crippen molar-refractivity contribution in [2.45, 2.75) is 25.2 Å². The second kappa shape index (κ2) is 8.03. The number of carbonyl (C=O) groups is 1. The summed E-state index contributed by atoms with van der Waals surface area (Å²) in [6.07, 6.45) is 1.76. The number of amides is 1. The highest BCUT2D eigenvalue weighted by Crippen LogP contribution is 2.28. The summed E-state index contributed by atoms with van der Waals surface area (Å²) in [5.74, 6) is 0.590. The average Bonchev–Trinajstić information content (AvgIpc) is 3.05. The molecule has 29 heavy (non-hydrogen) atoms. The van der Waals surface area contributed by atoms with E-state index in [0.717, 1.165) is 29.9 Å². The largest absolute Gasteiger partial charge is 0.350 e. The Morgan fingerprint density at radius 3 is 2.38 bits per heavy atom. The van der Waals surface area contributed by atoms with Gasteiger partial charge in [-0.25, -0.2) is 18.4 Å². The zero-order valence-corrected chi connectivity index (χ0v) is 16.3. The van der Waals surface area contributed by atoms with E-state index in [1.807, 2.05) is 35.2 Å². The van der Waals surface area contributed by atoms with E-state index in [9.17, 15) is 14.0 Å². The molecule has 0 saturated carbocycles. The number of likely N-dealkylation sites (tertiary alicyclic amines) is 1. The second-order valence-electron chi connectivity index (χ2n) is 7.39. The van der Waals surface area contributed by atoms with Gasteiger partial charge < -0.3 is 4.90 Å². The summed E-state index contributed by atoms with van der Waals surface area (Å²) in [5, 5.41) is 4.48. The summed E-state index contributed by atoms with van der Waals surface area (Å²) in [7, 11) is 1.66. The van der Waals surface area contributed by atoms with Crippen molar-refractivity contribution in [2.75, 3.05) is 13.1 Å². The van der Waals surface area contributed by atoms with Crippen LogP contribution in [0.2, 0.25) is 0 Å². The minimum Gasteiger partial charge on any atom is -0.342 e. The van der Waals surface area contributed by atoms with E-state index in [1.165, 1.54) is 16.8 Å². The van der Waals surface area contributed by atoms with Crippen LogP contribution in [-0.2, 0) is 18.3 Å². The maximum Gasteiger partial charge on any atom is 0.350 e. The van der Waals surface area contributed by atoms with E-state index in [1.54, 1.807) is 23.7 Å². The molecule has 1 aromatic heterocycles. The van der Waals surface area contributed by atoms with Gasteiger partial charge >= 0.3 is 5.69 Å². The molecule has 7 heteroatoms. The van der Waals surface area contributed by atoms with Crippen molar-refractivity contribution in [2.24, 2.45) is 7.05 Å². The molecule has 0 radical (unpaired) electrons. The van der Waals surface area contributed by atoms with Gasteiger partial charge in [-0.15, -0.1) is 0 Å². The summed E-state index contributed by atoms with van der Waals surface area (Å²) in [6.45, 7) is 1.23. The Kier molecular flexibility index (Phi) is 5.29. The minimum absolute atomic E-state index is 0.0385. The standard InChI is InChI=1S/C22H23FN4O2/c1-25-22(29)27(19-5-3-2-4-6-19)21(24-25)17-11-13-26(14-12-17)20(28)15-16-7-9-18(23)10-8-16/h2-10,17H,11-15H2,1H3. The SMILES string of the molecule is Cn1nc(C2CCN(C(=O)Cc3ccc(F)cc3)CC2)n(-c2ccccc2)c1=O. The maximum atomic E-state index is 13.0. The number of nitrogens with zero attached hydrogens (tertiary/aromatic N) is 4. The van der Waals surface area contributed by atoms with Crippen LogP contribution >= 0.6 is 0 Å². The number of hydrogen-bond acceptors (Lipinski definition) is 3. The molecular weight excluding hydrogens is 371 g/mol. The molecule has 1 saturated heterocycles. The van der Waals surface area contributed by atoms with Gasteiger partial charge in [0.1, 0.15) is 11.6 Å². The Morgan fingerprint density at radius 2 is 1.72 bits per heavy atom. The van der Waals surface area contributed by atoms with Crippen LogP contribution in [0.5, 0.6) is 0 Å². The van der Waals surface area contributed by atoms with Crippen molar-refractivity contribution in [1.29, 1.82) is 0 Å². The Morgan fingerprint density at radius 1 is 1.07 bits per heavy atom. The molecular formula is C22H23FN4O2. The first-order valence-electron chi connectivity index (χ1n) is 9.76. The van der Waals surface area contributed by atoms with Crippen molar-refractivity contribution >= 4 is 5.91 Å². The van der Waals surface area contributed by atoms with Gasteiger partial charge in [-0.1, -0.05) is 30.3 Å². The van der Waals surface area contributed by atoms with Gasteiger partial charge in [0, 0.05) is 26.1 Å². The maximum absolute atomic E-state index is 13.0. The van der Waals surface area contributed by atoms with Gasteiger partial charge in [0.25, 0.3) is 0 Å². The quantitative estimate of drug-likeness (QED) is 0.684. The highest BCUT2D eigenvalue weighted by molar-refractivity contribution is 5.78. The second-order valence-corrected chi connectivity index (χ2v) is 7.39. The summed E-state index contributed by atoms with van der Waals surface area (Å²) in [6, 6.07) is 15.5. The first-order valence-corrected chi connectivity index (χ1v) is 9.76. The van der Waals surface area contributed by atoms with Crippen LogP contribution in [0, 0.1) is 5.82 Å². The third kappa shape index (κ3) is 3.99. The summed E-state index contributed by atoms with van der Waals surface area (Å²) in [5.41, 5.74) is 1.44. The van der Waals surface area contributed by atoms with Crippen LogP contribution in [0.4, 0.5) is 4.39 Å². The molecule has 0 bridgehead atoms. The van der Waals surface area contributed by atoms with Crippen LogP contribution < -0.4 is 5.69 Å². The van der Waals surface area contributed by atoms with E-state index in [2.05, 4.69) is 5.10 Å². The fourth-order valence-electron chi connectivity index (χ4n) is 3.84. The summed E-state index contributed by atoms with van der Waals surface area (Å²) in [4.78, 5) is 27.0. The van der Waals surface area contributed by atoms with Gasteiger partial charge in [0.15, 0.2) is 0 Å². The smallest absolute Gasteiger partial charge is 0.342 e. The molecule has 2 heterocycles. The summed E-state index contributed by atoms with van der Waals surface area (Å²) >= 11 is 0. The topological polar surface area (TPSA) is 60.1 Å². The Bertz CT molecular complexity index is 1050. The summed E-state index contributed by atoms with van der Waals surface area (Å²) < 4.78 is 16.1. The van der Waals surface area contributed by atoms with E-state index in [0.29, 0.717) is 13.1 Å². The average molecular weight is 394 g/mol. The molecule has 1 fully saturated rings. The lowest BCUT2D eigenvalue weighted by Gasteiger charge is -2.31. The van der Waals surface area contributed by atoms with Gasteiger partial charge in [-0.05, 0) is 42.7 Å². The molecule has 4 rings (SSSR count). The molecule has 1 aliphatic heterocycles. The van der Waals surface area contributed by atoms with Crippen LogP contribution in [0.25, 0.3) is 5.69 Å². The Balaban J connectivity index is 1.46. The predicted octanol–water partition coefficient (Wildman–Crippen LogP) is 2.66. The molecule has 0 aliphatic carbocycles. The molecule has 3 aromatic rings. The van der Waals surface area contributed by atoms with Gasteiger partial charge in [-0.2, -0.15) is 5.10 Å². The van der Waals surface area contributed by atoms with E-state index in [-0.39, 0.29) is 29.8 Å². The molecule has 1 aliphatic rings. The lowest BCUT2D eigenvalue weighted by Crippen LogP contribution is -2.39. The first kappa shape index (κ1) is 19.1. The number of rotatable bonds is 4. The van der Waals surface area contributed by atoms with Crippen molar-refractivity contribution in [1.82, 2.24) is 19.2 Å². The van der Waals surface area contributed by atoms with Crippen LogP contribution in [0.1, 0.15) is 30.1 Å². The molecule has 0 spiro atoms. The Hall–Kier alpha value is -3.22. The minimum atomic E-state index is -0.304. The van der Waals surface area contributed by atoms with Crippen molar-refractivity contribution < 1.29 is 9.18 Å². The van der Waals surface area contributed by atoms with E-state index < -0.39 is 0 Å². The molecule has 0 N–H and O–H groups in total. The number of hydrogen-bond donors (Lipinski definition) is 0. The van der Waals surface area contributed by atoms with Crippen LogP contribution in [-0.4, -0.2) is 38.2 Å². The van der Waals surface area contributed by atoms with Gasteiger partial charge in [0.05, 0.1) is 12.1 Å². The molecule has 0 unspecified atom stereocenters. The van der Waals surface area contributed by atoms with E-state index in [4.69, 9.17) is 0 Å². The lowest BCUT2D eigenvalue weighted by atomic mass is 9.95. The number of benzene rings is 2. The predicted molar refractivity (Wildman–Crippen MR) is 107 cm³/mol. The highest BCUT2D eigenvalue weighted by Gasteiger charge is 2.28. The first-order chi connectivity index (χ1) is 14.0. The van der Waals surface area contributed by atoms with Crippen LogP contribution in [0.15, 0.2) is 59.4 Å². The zero-order valence-electron chi connectivity index (χ0n) is 16.3. The third-order valence-electron chi connectivity index (χ3n) is 5.45. The monoisotopic (exact) mass is 394 g/mol. The van der Waals surface area contributed by atoms with Crippen molar-refractivity contribution in [3.8, 4) is 5.69 Å². The molecule has 2 aromatic carbocycles. The molecule has 1 amide bonds. The fraction of sp³-hybridized carbons (Fsp3) is 0.318. The van der Waals surface area contributed by atoms with Crippen molar-refractivity contribution in [3.63, 3.8) is 0 Å². The van der Waals surface area contributed by atoms with E-state index >= 15 is 0 Å². The number of piperidine rings is 1. The highest BCUT2D eigenvalue weighted by atomic mass is 19.1. The third-order valence-corrected chi connectivity index (χ3v) is 5.45. The fourth-order valence-corrected chi connectivity index (χ4v) is 3.84. The molecule has 0 atom stereocenters. The zero-order chi connectivity index (χ0) is 20.4. The lowest BCUT2D eigenvalue weighted by molar-refractivity contribution is -0.131. The van der Waals surface area contributed by atoms with Crippen LogP contribution in [0.3, 0.4) is 0 Å². The number of halogens is 1. The molecule has 6 nitrogen and oxygen atoms in total. The van der Waals surface area contributed by atoms with Crippen molar-refractivity contribution in [3.05, 3.63) is 82.3 Å². The van der Waals surface area contributed by atoms with Gasteiger partial charge in [-0.3, -0.25) is 4.79 Å².